The molecule has 3 aromatic rings. The van der Waals surface area contributed by atoms with Crippen molar-refractivity contribution in [3.63, 3.8) is 0 Å². The van der Waals surface area contributed by atoms with E-state index in [1.54, 1.807) is 22.1 Å². The summed E-state index contributed by atoms with van der Waals surface area (Å²) in [6.07, 6.45) is 0. The summed E-state index contributed by atoms with van der Waals surface area (Å²) >= 11 is 1.11. The molecule has 0 amide bonds. The molecule has 0 radical (unpaired) electrons. The topological polar surface area (TPSA) is 100 Å². The van der Waals surface area contributed by atoms with Gasteiger partial charge >= 0.3 is 4.87 Å². The Morgan fingerprint density at radius 2 is 2.37 bits per heavy atom. The van der Waals surface area contributed by atoms with E-state index in [1.807, 2.05) is 6.07 Å². The molecule has 7 heteroatoms. The van der Waals surface area contributed by atoms with Gasteiger partial charge in [-0.3, -0.25) is 4.79 Å². The van der Waals surface area contributed by atoms with Crippen LogP contribution in [0.5, 0.6) is 0 Å². The lowest BCUT2D eigenvalue weighted by Gasteiger charge is -2.04. The zero-order chi connectivity index (χ0) is 13.4. The number of nitriles is 1. The van der Waals surface area contributed by atoms with Crippen LogP contribution in [0.15, 0.2) is 28.4 Å². The van der Waals surface area contributed by atoms with E-state index in [-0.39, 0.29) is 4.87 Å². The molecule has 0 aliphatic carbocycles. The van der Waals surface area contributed by atoms with Gasteiger partial charge < -0.3 is 15.3 Å². The predicted octanol–water partition coefficient (Wildman–Crippen LogP) is 1.29. The molecular formula is C12H9N5OS. The fourth-order valence-electron chi connectivity index (χ4n) is 1.98. The molecule has 3 rings (SSSR count). The summed E-state index contributed by atoms with van der Waals surface area (Å²) < 4.78 is 1.77. The molecule has 0 spiro atoms. The van der Waals surface area contributed by atoms with Gasteiger partial charge in [0.1, 0.15) is 11.6 Å². The monoisotopic (exact) mass is 271 g/mol. The molecule has 0 bridgehead atoms. The summed E-state index contributed by atoms with van der Waals surface area (Å²) in [5.41, 5.74) is 8.50. The molecule has 0 saturated heterocycles. The molecule has 0 fully saturated rings. The maximum atomic E-state index is 11.1. The highest BCUT2D eigenvalue weighted by molar-refractivity contribution is 7.07. The number of nitrogens with one attached hydrogen (secondary N) is 1. The molecular weight excluding hydrogens is 262 g/mol. The molecule has 0 unspecified atom stereocenters. The number of fused-ring (bicyclic) bond motifs is 1. The number of nitrogens with zero attached hydrogens (tertiary/aromatic N) is 3. The molecule has 2 heterocycles. The third-order valence-corrected chi connectivity index (χ3v) is 3.55. The summed E-state index contributed by atoms with van der Waals surface area (Å²) in [6.45, 7) is 0.427. The lowest BCUT2D eigenvalue weighted by molar-refractivity contribution is 0.814. The van der Waals surface area contributed by atoms with Gasteiger partial charge in [-0.05, 0) is 12.1 Å². The number of nitrogens with two attached hydrogens (primary N) is 1. The van der Waals surface area contributed by atoms with Crippen molar-refractivity contribution in [1.82, 2.24) is 14.5 Å². The summed E-state index contributed by atoms with van der Waals surface area (Å²) in [5, 5.41) is 10.8. The summed E-state index contributed by atoms with van der Waals surface area (Å²) in [6, 6.07) is 7.43. The van der Waals surface area contributed by atoms with Crippen LogP contribution in [0.3, 0.4) is 0 Å². The Morgan fingerprint density at radius 1 is 1.53 bits per heavy atom. The zero-order valence-electron chi connectivity index (χ0n) is 9.75. The fraction of sp³-hybridized carbons (Fsp3) is 0.0833. The van der Waals surface area contributed by atoms with Gasteiger partial charge in [-0.1, -0.05) is 17.4 Å². The van der Waals surface area contributed by atoms with Crippen molar-refractivity contribution in [3.05, 3.63) is 44.5 Å². The van der Waals surface area contributed by atoms with Crippen LogP contribution < -0.4 is 10.6 Å². The number of thiazole rings is 1. The van der Waals surface area contributed by atoms with E-state index in [0.29, 0.717) is 23.6 Å². The van der Waals surface area contributed by atoms with Crippen LogP contribution in [0.25, 0.3) is 11.0 Å². The fourth-order valence-corrected chi connectivity index (χ4v) is 2.56. The van der Waals surface area contributed by atoms with E-state index in [9.17, 15) is 4.79 Å². The number of para-hydroxylation sites is 1. The number of benzene rings is 1. The highest BCUT2D eigenvalue weighted by atomic mass is 32.1. The molecule has 0 saturated carbocycles. The first kappa shape index (κ1) is 11.5. The third kappa shape index (κ3) is 1.88. The van der Waals surface area contributed by atoms with Crippen LogP contribution in [-0.4, -0.2) is 14.5 Å². The number of hydrogen-bond donors (Lipinski definition) is 2. The van der Waals surface area contributed by atoms with Gasteiger partial charge in [0.2, 0.25) is 5.95 Å². The van der Waals surface area contributed by atoms with E-state index in [1.165, 1.54) is 0 Å². The number of imidazole rings is 1. The standard InChI is InChI=1S/C12H9N5OS/c13-4-7-2-1-3-9-10(7)16-11(14)17(9)5-8-6-19-12(18)15-8/h1-3,6H,5H2,(H2,14,16)(H,15,18). The van der Waals surface area contributed by atoms with Crippen molar-refractivity contribution in [2.24, 2.45) is 0 Å². The van der Waals surface area contributed by atoms with Crippen molar-refractivity contribution >= 4 is 28.3 Å². The normalized spacial score (nSPS) is 10.7. The van der Waals surface area contributed by atoms with Crippen molar-refractivity contribution in [1.29, 1.82) is 5.26 Å². The molecule has 0 aliphatic heterocycles. The van der Waals surface area contributed by atoms with Gasteiger partial charge in [-0.2, -0.15) is 5.26 Å². The molecule has 19 heavy (non-hydrogen) atoms. The highest BCUT2D eigenvalue weighted by Crippen LogP contribution is 2.21. The second kappa shape index (κ2) is 4.26. The molecule has 0 atom stereocenters. The second-order valence-electron chi connectivity index (χ2n) is 4.01. The van der Waals surface area contributed by atoms with Crippen LogP contribution in [0.4, 0.5) is 5.95 Å². The van der Waals surface area contributed by atoms with Gasteiger partial charge in [0, 0.05) is 11.1 Å². The highest BCUT2D eigenvalue weighted by Gasteiger charge is 2.12. The van der Waals surface area contributed by atoms with E-state index in [2.05, 4.69) is 16.0 Å². The summed E-state index contributed by atoms with van der Waals surface area (Å²) in [7, 11) is 0. The van der Waals surface area contributed by atoms with E-state index < -0.39 is 0 Å². The first-order chi connectivity index (χ1) is 9.19. The number of aromatic amines is 1. The smallest absolute Gasteiger partial charge is 0.304 e. The molecule has 3 N–H and O–H groups in total. The van der Waals surface area contributed by atoms with Crippen LogP contribution >= 0.6 is 11.3 Å². The Labute approximate surface area is 111 Å². The first-order valence-corrected chi connectivity index (χ1v) is 6.38. The maximum Gasteiger partial charge on any atom is 0.304 e. The average Bonchev–Trinajstić information content (AvgIpc) is 2.94. The Hall–Kier alpha value is -2.59. The molecule has 6 nitrogen and oxygen atoms in total. The van der Waals surface area contributed by atoms with Crippen molar-refractivity contribution in [3.8, 4) is 6.07 Å². The van der Waals surface area contributed by atoms with E-state index in [0.717, 1.165) is 22.5 Å². The van der Waals surface area contributed by atoms with Crippen LogP contribution in [0.2, 0.25) is 0 Å². The van der Waals surface area contributed by atoms with Gasteiger partial charge in [0.15, 0.2) is 0 Å². The van der Waals surface area contributed by atoms with Gasteiger partial charge in [-0.15, -0.1) is 0 Å². The van der Waals surface area contributed by atoms with E-state index in [4.69, 9.17) is 11.0 Å². The molecule has 1 aromatic carbocycles. The number of nitrogen functional groups attached to an aromatic ring is 1. The van der Waals surface area contributed by atoms with E-state index >= 15 is 0 Å². The lowest BCUT2D eigenvalue weighted by atomic mass is 10.2. The van der Waals surface area contributed by atoms with Crippen LogP contribution in [-0.2, 0) is 6.54 Å². The SMILES string of the molecule is N#Cc1cccc2c1nc(N)n2Cc1csc(=O)[nH]1. The maximum absolute atomic E-state index is 11.1. The van der Waals surface area contributed by atoms with Crippen molar-refractivity contribution in [2.45, 2.75) is 6.54 Å². The number of rotatable bonds is 2. The minimum Gasteiger partial charge on any atom is -0.369 e. The van der Waals surface area contributed by atoms with Crippen molar-refractivity contribution in [2.75, 3.05) is 5.73 Å². The van der Waals surface area contributed by atoms with Crippen LogP contribution in [0.1, 0.15) is 11.3 Å². The largest absolute Gasteiger partial charge is 0.369 e. The quantitative estimate of drug-likeness (QED) is 0.733. The molecule has 0 aliphatic rings. The third-order valence-electron chi connectivity index (χ3n) is 2.83. The number of anilines is 1. The zero-order valence-corrected chi connectivity index (χ0v) is 10.6. The second-order valence-corrected chi connectivity index (χ2v) is 4.86. The summed E-state index contributed by atoms with van der Waals surface area (Å²) in [5.74, 6) is 0.324. The predicted molar refractivity (Wildman–Crippen MR) is 72.9 cm³/mol. The average molecular weight is 271 g/mol. The lowest BCUT2D eigenvalue weighted by Crippen LogP contribution is -2.06. The minimum atomic E-state index is -0.101. The van der Waals surface area contributed by atoms with Gasteiger partial charge in [-0.25, -0.2) is 4.98 Å². The molecule has 94 valence electrons. The van der Waals surface area contributed by atoms with Gasteiger partial charge in [0.25, 0.3) is 0 Å². The number of aromatic nitrogens is 3. The Morgan fingerprint density at radius 3 is 3.05 bits per heavy atom. The minimum absolute atomic E-state index is 0.101. The van der Waals surface area contributed by atoms with Crippen molar-refractivity contribution < 1.29 is 0 Å². The Bertz CT molecular complexity index is 851. The Kier molecular flexibility index (Phi) is 2.58. The van der Waals surface area contributed by atoms with Gasteiger partial charge in [0.05, 0.1) is 17.6 Å². The molecule has 2 aromatic heterocycles. The Balaban J connectivity index is 2.16. The summed E-state index contributed by atoms with van der Waals surface area (Å²) in [4.78, 5) is 18.0. The first-order valence-electron chi connectivity index (χ1n) is 5.50. The number of hydrogen-bond acceptors (Lipinski definition) is 5. The number of H-pyrrole nitrogens is 1. The van der Waals surface area contributed by atoms with Crippen LogP contribution in [0, 0.1) is 11.3 Å².